The maximum Gasteiger partial charge on any atom is 0.422 e. The summed E-state index contributed by atoms with van der Waals surface area (Å²) in [7, 11) is 0. The van der Waals surface area contributed by atoms with Gasteiger partial charge in [-0.25, -0.2) is 29.3 Å². The average molecular weight is 840 g/mol. The zero-order valence-corrected chi connectivity index (χ0v) is 34.9. The Balaban J connectivity index is 0.000000127. The van der Waals surface area contributed by atoms with Gasteiger partial charge in [0, 0.05) is 25.3 Å². The molecule has 0 aliphatic carbocycles. The highest BCUT2D eigenvalue weighted by Crippen LogP contribution is 2.51. The fourth-order valence-corrected chi connectivity index (χ4v) is 10.7. The minimum absolute atomic E-state index is 0.461. The highest BCUT2D eigenvalue weighted by atomic mass is 32.2. The molecule has 0 unspecified atom stereocenters. The van der Waals surface area contributed by atoms with Crippen LogP contribution in [-0.2, 0) is 4.74 Å². The summed E-state index contributed by atoms with van der Waals surface area (Å²) in [5.41, 5.74) is 10.6. The van der Waals surface area contributed by atoms with Crippen molar-refractivity contribution in [2.75, 3.05) is 11.1 Å². The molecular weight excluding hydrogens is 807 g/mol. The number of aromatic nitrogens is 3. The number of rotatable bonds is 0. The predicted octanol–water partition coefficient (Wildman–Crippen LogP) is 11.7. The second-order valence-electron chi connectivity index (χ2n) is 13.9. The van der Waals surface area contributed by atoms with Crippen LogP contribution in [0.2, 0.25) is 0 Å². The molecule has 11 rings (SSSR count). The molecule has 0 fully saturated rings. The van der Waals surface area contributed by atoms with Gasteiger partial charge in [-0.3, -0.25) is 0 Å². The van der Waals surface area contributed by atoms with Gasteiger partial charge in [0.25, 0.3) is 0 Å². The van der Waals surface area contributed by atoms with E-state index in [-0.39, 0.29) is 0 Å². The van der Waals surface area contributed by atoms with Crippen LogP contribution in [-0.4, -0.2) is 26.2 Å². The second-order valence-corrected chi connectivity index (χ2v) is 18.6. The van der Waals surface area contributed by atoms with Gasteiger partial charge in [0.2, 0.25) is 0 Å². The standard InChI is InChI=1S/C21H17N3O2S2.C16H9N3S2.C6H7NS/c1-21(2,3)26-20(25)24-18-16(27-14-10-6-4-8-12(14)22-18)17-19(24)23-13-9-5-7-11-15(13)28-17;1-3-7-11-9(5-1)17-15-13(20-11)14-16(19-15)18-10-6-2-4-8-12(10)21-14;7-5-3-1-2-4-6(5)8/h4-11H,1-3H3;1-8H,(H,17,18,19);1-4,8H,7H2. The quantitative estimate of drug-likeness (QED) is 0.101. The number of nitrogens with zero attached hydrogens (tertiary/aromatic N) is 5. The molecule has 9 nitrogen and oxygen atoms in total. The Bertz CT molecular complexity index is 2850. The normalized spacial score (nSPS) is 12.9. The van der Waals surface area contributed by atoms with Crippen molar-refractivity contribution in [3.05, 3.63) is 132 Å². The molecule has 5 aromatic carbocycles. The van der Waals surface area contributed by atoms with Crippen molar-refractivity contribution >= 4 is 104 Å². The molecule has 5 aliphatic rings. The van der Waals surface area contributed by atoms with Crippen molar-refractivity contribution in [2.24, 2.45) is 9.98 Å². The molecule has 0 saturated heterocycles. The Kier molecular flexibility index (Phi) is 9.99. The van der Waals surface area contributed by atoms with Crippen LogP contribution >= 0.6 is 59.3 Å². The molecule has 3 N–H and O–H groups in total. The van der Waals surface area contributed by atoms with Gasteiger partial charge < -0.3 is 15.8 Å². The molecular formula is C43H33N7O2S5. The molecule has 0 amide bonds. The van der Waals surface area contributed by atoms with Crippen molar-refractivity contribution in [2.45, 2.75) is 60.6 Å². The average Bonchev–Trinajstić information content (AvgIpc) is 3.71. The van der Waals surface area contributed by atoms with Crippen molar-refractivity contribution in [1.29, 1.82) is 0 Å². The summed E-state index contributed by atoms with van der Waals surface area (Å²) in [5.74, 6) is 1.75. The first-order chi connectivity index (χ1) is 27.6. The Hall–Kier alpha value is -5.25. The highest BCUT2D eigenvalue weighted by Gasteiger charge is 2.31. The fourth-order valence-electron chi connectivity index (χ4n) is 6.10. The van der Waals surface area contributed by atoms with E-state index < -0.39 is 11.7 Å². The Morgan fingerprint density at radius 3 is 1.89 bits per heavy atom. The SMILES string of the molecule is CC(C)(C)OC(=O)n1c2c(c3c1=Nc1ccccc1S3)Sc1ccccc1N=2.Nc1ccccc1S.c1ccc2c(c1)Nc1nc3nc4ccccc4sc-3c1S2. The van der Waals surface area contributed by atoms with E-state index in [0.29, 0.717) is 11.0 Å². The molecule has 0 saturated carbocycles. The lowest BCUT2D eigenvalue weighted by atomic mass is 10.2. The van der Waals surface area contributed by atoms with Gasteiger partial charge in [0.15, 0.2) is 16.8 Å². The van der Waals surface area contributed by atoms with Crippen molar-refractivity contribution in [3.63, 3.8) is 0 Å². The number of nitrogens with two attached hydrogens (primary N) is 1. The summed E-state index contributed by atoms with van der Waals surface area (Å²) in [6, 6.07) is 39.9. The number of nitrogen functional groups attached to an aromatic ring is 1. The van der Waals surface area contributed by atoms with Crippen LogP contribution in [0.25, 0.3) is 20.9 Å². The van der Waals surface area contributed by atoms with Crippen molar-refractivity contribution in [3.8, 4) is 10.7 Å². The zero-order valence-electron chi connectivity index (χ0n) is 30.8. The number of hydrogen-bond donors (Lipinski definition) is 3. The minimum Gasteiger partial charge on any atom is -0.443 e. The maximum absolute atomic E-state index is 13.1. The van der Waals surface area contributed by atoms with E-state index in [0.717, 1.165) is 69.3 Å². The molecule has 5 aliphatic heterocycles. The number of carbonyl (C=O) groups excluding carboxylic acids is 1. The third-order valence-electron chi connectivity index (χ3n) is 8.65. The van der Waals surface area contributed by atoms with Crippen LogP contribution in [0, 0.1) is 0 Å². The fraction of sp³-hybridized carbons (Fsp3) is 0.0930. The molecule has 14 heteroatoms. The number of fused-ring (bicyclic) bond motifs is 10. The van der Waals surface area contributed by atoms with Crippen LogP contribution in [0.4, 0.5) is 33.4 Å². The van der Waals surface area contributed by atoms with Gasteiger partial charge >= 0.3 is 6.09 Å². The molecule has 0 radical (unpaired) electrons. The lowest BCUT2D eigenvalue weighted by Gasteiger charge is -2.20. The number of anilines is 3. The number of para-hydroxylation sites is 5. The Morgan fingerprint density at radius 2 is 1.26 bits per heavy atom. The molecule has 0 spiro atoms. The van der Waals surface area contributed by atoms with E-state index in [9.17, 15) is 4.79 Å². The number of benzene rings is 5. The summed E-state index contributed by atoms with van der Waals surface area (Å²) in [6.07, 6.45) is -0.461. The monoisotopic (exact) mass is 839 g/mol. The Morgan fingerprint density at radius 1 is 0.702 bits per heavy atom. The number of nitrogens with one attached hydrogen (secondary N) is 1. The lowest BCUT2D eigenvalue weighted by molar-refractivity contribution is 0.0523. The van der Waals surface area contributed by atoms with Crippen molar-refractivity contribution in [1.82, 2.24) is 14.5 Å². The summed E-state index contributed by atoms with van der Waals surface area (Å²) < 4.78 is 8.39. The van der Waals surface area contributed by atoms with E-state index in [1.54, 1.807) is 46.6 Å². The van der Waals surface area contributed by atoms with Gasteiger partial charge in [-0.2, -0.15) is 0 Å². The van der Waals surface area contributed by atoms with E-state index in [1.807, 2.05) is 112 Å². The second kappa shape index (κ2) is 15.3. The van der Waals surface area contributed by atoms with E-state index in [4.69, 9.17) is 25.4 Å². The maximum atomic E-state index is 13.1. The van der Waals surface area contributed by atoms with Crippen LogP contribution in [0.3, 0.4) is 0 Å². The zero-order chi connectivity index (χ0) is 39.3. The van der Waals surface area contributed by atoms with E-state index in [2.05, 4.69) is 53.3 Å². The van der Waals surface area contributed by atoms with Crippen LogP contribution < -0.4 is 22.0 Å². The van der Waals surface area contributed by atoms with E-state index >= 15 is 0 Å². The van der Waals surface area contributed by atoms with Crippen LogP contribution in [0.5, 0.6) is 0 Å². The first-order valence-electron chi connectivity index (χ1n) is 17.9. The van der Waals surface area contributed by atoms with E-state index in [1.165, 1.54) is 19.1 Å². The number of hydrogen-bond acceptors (Lipinski definition) is 13. The molecule has 0 atom stereocenters. The highest BCUT2D eigenvalue weighted by molar-refractivity contribution is 8.02. The van der Waals surface area contributed by atoms with Crippen LogP contribution in [0.15, 0.2) is 166 Å². The summed E-state index contributed by atoms with van der Waals surface area (Å²) in [5, 5.41) is 3.42. The minimum atomic E-state index is -0.611. The van der Waals surface area contributed by atoms with Gasteiger partial charge in [0.05, 0.1) is 46.8 Å². The van der Waals surface area contributed by atoms with Crippen molar-refractivity contribution < 1.29 is 9.53 Å². The third kappa shape index (κ3) is 7.51. The van der Waals surface area contributed by atoms with Gasteiger partial charge in [-0.1, -0.05) is 95.9 Å². The van der Waals surface area contributed by atoms with Gasteiger partial charge in [-0.05, 0) is 81.4 Å². The number of thiol groups is 1. The number of ether oxygens (including phenoxy) is 1. The first kappa shape index (κ1) is 37.3. The topological polar surface area (TPSA) is 120 Å². The first-order valence-corrected chi connectivity index (χ1v) is 21.6. The summed E-state index contributed by atoms with van der Waals surface area (Å²) >= 11 is 10.9. The molecule has 282 valence electrons. The third-order valence-corrected chi connectivity index (χ3v) is 14.0. The predicted molar refractivity (Wildman–Crippen MR) is 235 cm³/mol. The molecule has 0 bridgehead atoms. The summed E-state index contributed by atoms with van der Waals surface area (Å²) in [6.45, 7) is 5.57. The number of carbonyl (C=O) groups is 1. The smallest absolute Gasteiger partial charge is 0.422 e. The molecule has 6 aromatic rings. The summed E-state index contributed by atoms with van der Waals surface area (Å²) in [4.78, 5) is 40.5. The molecule has 57 heavy (non-hydrogen) atoms. The Labute approximate surface area is 350 Å². The molecule has 6 heterocycles. The van der Waals surface area contributed by atoms with Crippen LogP contribution in [0.1, 0.15) is 20.8 Å². The lowest BCUT2D eigenvalue weighted by Crippen LogP contribution is -2.39. The van der Waals surface area contributed by atoms with Gasteiger partial charge in [0.1, 0.15) is 11.4 Å². The largest absolute Gasteiger partial charge is 0.443 e. The molecule has 1 aromatic heterocycles. The van der Waals surface area contributed by atoms with Gasteiger partial charge in [-0.15, -0.1) is 24.0 Å².